The molecule has 1 aromatic heterocycles. The van der Waals surface area contributed by atoms with Crippen LogP contribution in [-0.2, 0) is 19.7 Å². The molecule has 1 atom stereocenters. The first-order valence-corrected chi connectivity index (χ1v) is 13.3. The summed E-state index contributed by atoms with van der Waals surface area (Å²) >= 11 is 1.47. The molecule has 7 nitrogen and oxygen atoms in total. The van der Waals surface area contributed by atoms with Crippen LogP contribution in [0.25, 0.3) is 5.69 Å². The average molecular weight is 525 g/mol. The lowest BCUT2D eigenvalue weighted by atomic mass is 9.87. The Morgan fingerprint density at radius 2 is 1.95 bits per heavy atom. The van der Waals surface area contributed by atoms with Gasteiger partial charge >= 0.3 is 0 Å². The van der Waals surface area contributed by atoms with Crippen molar-refractivity contribution in [3.05, 3.63) is 76.7 Å². The number of aryl methyl sites for hydroxylation is 1. The standard InChI is InChI=1S/C28H33FN4O3S/c1-18-7-6-8-21(15-18)33-27-24(26(31-33)28(2,3)4)25(19-9-11-20(29)12-10-19)37-17-23(35)32(27)16-22(34)30-13-14-36-5/h6-12,15,25H,13-14,16-17H2,1-5H3,(H,30,34)/t25-/m1/s1. The zero-order valence-corrected chi connectivity index (χ0v) is 22.7. The van der Waals surface area contributed by atoms with E-state index in [0.717, 1.165) is 28.1 Å². The van der Waals surface area contributed by atoms with E-state index in [1.54, 1.807) is 28.8 Å². The lowest BCUT2D eigenvalue weighted by Gasteiger charge is -2.24. The number of ether oxygens (including phenoxy) is 1. The molecule has 0 aliphatic carbocycles. The molecule has 0 unspecified atom stereocenters. The van der Waals surface area contributed by atoms with Gasteiger partial charge < -0.3 is 10.1 Å². The van der Waals surface area contributed by atoms with Crippen LogP contribution < -0.4 is 10.2 Å². The van der Waals surface area contributed by atoms with Crippen molar-refractivity contribution >= 4 is 29.4 Å². The number of fused-ring (bicyclic) bond motifs is 1. The summed E-state index contributed by atoms with van der Waals surface area (Å²) in [5.41, 5.74) is 4.05. The van der Waals surface area contributed by atoms with Crippen molar-refractivity contribution in [2.45, 2.75) is 38.4 Å². The highest BCUT2D eigenvalue weighted by Crippen LogP contribution is 2.48. The fraction of sp³-hybridized carbons (Fsp3) is 0.393. The molecular weight excluding hydrogens is 491 g/mol. The molecule has 0 spiro atoms. The Kier molecular flexibility index (Phi) is 8.04. The molecule has 2 amide bonds. The van der Waals surface area contributed by atoms with Crippen molar-refractivity contribution in [1.29, 1.82) is 0 Å². The maximum absolute atomic E-state index is 13.8. The maximum atomic E-state index is 13.8. The van der Waals surface area contributed by atoms with E-state index in [1.807, 2.05) is 31.2 Å². The molecule has 1 aliphatic heterocycles. The molecule has 3 aromatic rings. The lowest BCUT2D eigenvalue weighted by Crippen LogP contribution is -2.43. The average Bonchev–Trinajstić information content (AvgIpc) is 3.18. The Labute approximate surface area is 221 Å². The van der Waals surface area contributed by atoms with Gasteiger partial charge in [-0.15, -0.1) is 11.8 Å². The number of halogens is 1. The van der Waals surface area contributed by atoms with Crippen molar-refractivity contribution in [1.82, 2.24) is 15.1 Å². The van der Waals surface area contributed by atoms with E-state index in [0.29, 0.717) is 19.0 Å². The summed E-state index contributed by atoms with van der Waals surface area (Å²) in [6.07, 6.45) is 0. The minimum atomic E-state index is -0.363. The minimum Gasteiger partial charge on any atom is -0.383 e. The van der Waals surface area contributed by atoms with Crippen molar-refractivity contribution in [2.24, 2.45) is 0 Å². The minimum absolute atomic E-state index is 0.145. The zero-order valence-electron chi connectivity index (χ0n) is 21.9. The molecule has 2 aromatic carbocycles. The fourth-order valence-electron chi connectivity index (χ4n) is 4.41. The topological polar surface area (TPSA) is 76.5 Å². The van der Waals surface area contributed by atoms with E-state index < -0.39 is 0 Å². The number of hydrogen-bond donors (Lipinski definition) is 1. The molecule has 1 aliphatic rings. The molecule has 1 N–H and O–H groups in total. The molecular formula is C28H33FN4O3S. The molecule has 0 bridgehead atoms. The summed E-state index contributed by atoms with van der Waals surface area (Å²) in [7, 11) is 1.57. The summed E-state index contributed by atoms with van der Waals surface area (Å²) in [6, 6.07) is 14.3. The van der Waals surface area contributed by atoms with E-state index in [4.69, 9.17) is 9.84 Å². The number of nitrogens with one attached hydrogen (secondary N) is 1. The number of amides is 2. The van der Waals surface area contributed by atoms with Crippen LogP contribution in [0.1, 0.15) is 48.4 Å². The number of carbonyl (C=O) groups excluding carboxylic acids is 2. The number of aromatic nitrogens is 2. The summed E-state index contributed by atoms with van der Waals surface area (Å²) in [5, 5.41) is 7.61. The van der Waals surface area contributed by atoms with E-state index in [-0.39, 0.29) is 40.6 Å². The number of rotatable bonds is 7. The van der Waals surface area contributed by atoms with Gasteiger partial charge in [0, 0.05) is 24.6 Å². The van der Waals surface area contributed by atoms with E-state index in [1.165, 1.54) is 23.9 Å². The third kappa shape index (κ3) is 5.88. The smallest absolute Gasteiger partial charge is 0.240 e. The number of benzene rings is 2. The Morgan fingerprint density at radius 3 is 2.59 bits per heavy atom. The van der Waals surface area contributed by atoms with Crippen LogP contribution in [0.4, 0.5) is 10.2 Å². The van der Waals surface area contributed by atoms with Gasteiger partial charge in [-0.2, -0.15) is 5.10 Å². The van der Waals surface area contributed by atoms with Crippen molar-refractivity contribution < 1.29 is 18.7 Å². The van der Waals surface area contributed by atoms with Gasteiger partial charge in [-0.25, -0.2) is 9.07 Å². The third-order valence-corrected chi connectivity index (χ3v) is 7.40. The summed E-state index contributed by atoms with van der Waals surface area (Å²) in [5.74, 6) is -0.0522. The molecule has 4 rings (SSSR count). The Bertz CT molecular complexity index is 1280. The van der Waals surface area contributed by atoms with Gasteiger partial charge in [0.05, 0.1) is 29.0 Å². The second-order valence-corrected chi connectivity index (χ2v) is 11.2. The first-order chi connectivity index (χ1) is 17.6. The molecule has 2 heterocycles. The molecule has 0 saturated heterocycles. The predicted molar refractivity (Wildman–Crippen MR) is 145 cm³/mol. The van der Waals surface area contributed by atoms with E-state index in [2.05, 4.69) is 26.1 Å². The van der Waals surface area contributed by atoms with Gasteiger partial charge in [-0.1, -0.05) is 45.0 Å². The maximum Gasteiger partial charge on any atom is 0.240 e. The van der Waals surface area contributed by atoms with Crippen LogP contribution in [0.2, 0.25) is 0 Å². The van der Waals surface area contributed by atoms with E-state index >= 15 is 0 Å². The summed E-state index contributed by atoms with van der Waals surface area (Å²) in [6.45, 7) is 8.82. The van der Waals surface area contributed by atoms with Gasteiger partial charge in [0.25, 0.3) is 0 Å². The second kappa shape index (κ2) is 11.1. The molecule has 0 radical (unpaired) electrons. The van der Waals surface area contributed by atoms with Gasteiger partial charge in [-0.05, 0) is 42.3 Å². The van der Waals surface area contributed by atoms with Crippen LogP contribution >= 0.6 is 11.8 Å². The van der Waals surface area contributed by atoms with Gasteiger partial charge in [0.2, 0.25) is 11.8 Å². The zero-order chi connectivity index (χ0) is 26.7. The Balaban J connectivity index is 1.95. The number of methoxy groups -OCH3 is 1. The highest BCUT2D eigenvalue weighted by molar-refractivity contribution is 8.00. The molecule has 0 saturated carbocycles. The third-order valence-electron chi connectivity index (χ3n) is 6.15. The van der Waals surface area contributed by atoms with Crippen LogP contribution in [0, 0.1) is 12.7 Å². The normalized spacial score (nSPS) is 15.9. The number of nitrogens with zero attached hydrogens (tertiary/aromatic N) is 3. The number of carbonyl (C=O) groups is 2. The first kappa shape index (κ1) is 26.9. The highest BCUT2D eigenvalue weighted by atomic mass is 32.2. The van der Waals surface area contributed by atoms with Crippen molar-refractivity contribution in [3.8, 4) is 5.69 Å². The first-order valence-electron chi connectivity index (χ1n) is 12.2. The summed E-state index contributed by atoms with van der Waals surface area (Å²) < 4.78 is 20.6. The monoisotopic (exact) mass is 524 g/mol. The number of anilines is 1. The van der Waals surface area contributed by atoms with Gasteiger partial charge in [0.1, 0.15) is 18.2 Å². The van der Waals surface area contributed by atoms with E-state index in [9.17, 15) is 14.0 Å². The van der Waals surface area contributed by atoms with Gasteiger partial charge in [-0.3, -0.25) is 14.5 Å². The van der Waals surface area contributed by atoms with Crippen molar-refractivity contribution in [3.63, 3.8) is 0 Å². The largest absolute Gasteiger partial charge is 0.383 e. The van der Waals surface area contributed by atoms with Crippen LogP contribution in [-0.4, -0.2) is 54.2 Å². The van der Waals surface area contributed by atoms with Crippen LogP contribution in [0.5, 0.6) is 0 Å². The lowest BCUT2D eigenvalue weighted by molar-refractivity contribution is -0.123. The molecule has 0 fully saturated rings. The molecule has 196 valence electrons. The fourth-order valence-corrected chi connectivity index (χ4v) is 5.60. The number of thioether (sulfide) groups is 1. The number of hydrogen-bond acceptors (Lipinski definition) is 5. The Morgan fingerprint density at radius 1 is 1.22 bits per heavy atom. The highest BCUT2D eigenvalue weighted by Gasteiger charge is 2.39. The summed E-state index contributed by atoms with van der Waals surface area (Å²) in [4.78, 5) is 28.0. The quantitative estimate of drug-likeness (QED) is 0.459. The SMILES string of the molecule is COCCNC(=O)CN1C(=O)CS[C@H](c2ccc(F)cc2)c2c(C(C)(C)C)nn(-c3cccc(C)c3)c21. The predicted octanol–water partition coefficient (Wildman–Crippen LogP) is 4.55. The van der Waals surface area contributed by atoms with Gasteiger partial charge in [0.15, 0.2) is 0 Å². The van der Waals surface area contributed by atoms with Crippen LogP contribution in [0.15, 0.2) is 48.5 Å². The molecule has 9 heteroatoms. The van der Waals surface area contributed by atoms with Crippen LogP contribution in [0.3, 0.4) is 0 Å². The van der Waals surface area contributed by atoms with Crippen molar-refractivity contribution in [2.75, 3.05) is 37.5 Å². The Hall–Kier alpha value is -3.17. The second-order valence-electron chi connectivity index (χ2n) is 10.2. The molecule has 37 heavy (non-hydrogen) atoms.